The first-order valence-electron chi connectivity index (χ1n) is 7.99. The lowest BCUT2D eigenvalue weighted by molar-refractivity contribution is -0.0958. The summed E-state index contributed by atoms with van der Waals surface area (Å²) < 4.78 is 50.9. The Hall–Kier alpha value is -2.32. The molecule has 0 aliphatic carbocycles. The van der Waals surface area contributed by atoms with Crippen molar-refractivity contribution < 1.29 is 17.4 Å². The number of alkyl halides is 3. The molecule has 0 aromatic heterocycles. The van der Waals surface area contributed by atoms with E-state index >= 15 is 0 Å². The van der Waals surface area contributed by atoms with E-state index in [1.165, 1.54) is 17.1 Å². The topological polar surface area (TPSA) is 58.4 Å². The largest absolute Gasteiger partial charge is 0.432 e. The molecule has 2 aromatic carbocycles. The van der Waals surface area contributed by atoms with Crippen molar-refractivity contribution in [3.05, 3.63) is 71.4 Å². The van der Waals surface area contributed by atoms with E-state index < -0.39 is 28.9 Å². The minimum Gasteiger partial charge on any atom is -0.293 e. The second-order valence-corrected chi connectivity index (χ2v) is 6.96. The predicted molar refractivity (Wildman–Crippen MR) is 95.4 cm³/mol. The standard InChI is InChI=1S/C18H18F3N3OS/c1-2-12-3-5-13(6-4-12)16-11-17(18(19,20)21)23-24(16)14-7-9-15(10-8-14)26(22)25/h3-11,16,23H,2,22H2,1H3. The Labute approximate surface area is 152 Å². The summed E-state index contributed by atoms with van der Waals surface area (Å²) in [6, 6.07) is 13.1. The van der Waals surface area contributed by atoms with Gasteiger partial charge in [-0.05, 0) is 47.9 Å². The smallest absolute Gasteiger partial charge is 0.293 e. The number of nitrogens with zero attached hydrogens (tertiary/aromatic N) is 1. The monoisotopic (exact) mass is 381 g/mol. The average Bonchev–Trinajstić information content (AvgIpc) is 3.07. The van der Waals surface area contributed by atoms with Crippen molar-refractivity contribution in [2.75, 3.05) is 5.01 Å². The van der Waals surface area contributed by atoms with Crippen LogP contribution in [0.2, 0.25) is 0 Å². The molecule has 0 radical (unpaired) electrons. The molecule has 0 bridgehead atoms. The van der Waals surface area contributed by atoms with E-state index in [0.29, 0.717) is 10.6 Å². The first-order valence-corrected chi connectivity index (χ1v) is 9.21. The van der Waals surface area contributed by atoms with Gasteiger partial charge in [-0.25, -0.2) is 9.35 Å². The summed E-state index contributed by atoms with van der Waals surface area (Å²) in [6.07, 6.45) is -2.46. The van der Waals surface area contributed by atoms with Gasteiger partial charge in [0, 0.05) is 0 Å². The summed E-state index contributed by atoms with van der Waals surface area (Å²) in [5.74, 6) is 0. The molecule has 0 fully saturated rings. The van der Waals surface area contributed by atoms with E-state index in [9.17, 15) is 17.4 Å². The van der Waals surface area contributed by atoms with Crippen LogP contribution in [0.3, 0.4) is 0 Å². The zero-order valence-corrected chi connectivity index (χ0v) is 14.8. The van der Waals surface area contributed by atoms with Crippen LogP contribution >= 0.6 is 0 Å². The normalized spacial score (nSPS) is 18.4. The first-order chi connectivity index (χ1) is 12.3. The number of hydrogen-bond acceptors (Lipinski definition) is 3. The second-order valence-electron chi connectivity index (χ2n) is 5.89. The number of nitrogens with two attached hydrogens (primary N) is 1. The first kappa shape index (κ1) is 18.5. The van der Waals surface area contributed by atoms with Crippen LogP contribution in [-0.2, 0) is 17.4 Å². The molecule has 26 heavy (non-hydrogen) atoms. The summed E-state index contributed by atoms with van der Waals surface area (Å²) in [7, 11) is -1.64. The molecule has 2 aromatic rings. The third-order valence-corrected chi connectivity index (χ3v) is 4.96. The van der Waals surface area contributed by atoms with Gasteiger partial charge in [-0.15, -0.1) is 0 Å². The molecule has 3 N–H and O–H groups in total. The fraction of sp³-hybridized carbons (Fsp3) is 0.222. The minimum absolute atomic E-state index is 0.404. The van der Waals surface area contributed by atoms with Crippen LogP contribution < -0.4 is 15.6 Å². The van der Waals surface area contributed by atoms with Crippen molar-refractivity contribution in [3.8, 4) is 0 Å². The maximum Gasteiger partial charge on any atom is 0.432 e. The van der Waals surface area contributed by atoms with Crippen LogP contribution in [0.25, 0.3) is 0 Å². The summed E-state index contributed by atoms with van der Waals surface area (Å²) in [4.78, 5) is 0.404. The zero-order valence-electron chi connectivity index (χ0n) is 14.0. The summed E-state index contributed by atoms with van der Waals surface area (Å²) >= 11 is 0. The Morgan fingerprint density at radius 2 is 1.73 bits per heavy atom. The van der Waals surface area contributed by atoms with Crippen molar-refractivity contribution >= 4 is 16.7 Å². The quantitative estimate of drug-likeness (QED) is 0.848. The van der Waals surface area contributed by atoms with Crippen LogP contribution in [-0.4, -0.2) is 10.4 Å². The fourth-order valence-corrected chi connectivity index (χ4v) is 3.19. The molecule has 8 heteroatoms. The summed E-state index contributed by atoms with van der Waals surface area (Å²) in [5.41, 5.74) is 3.99. The predicted octanol–water partition coefficient (Wildman–Crippen LogP) is 3.74. The third kappa shape index (κ3) is 3.76. The van der Waals surface area contributed by atoms with Gasteiger partial charge in [-0.3, -0.25) is 10.4 Å². The highest BCUT2D eigenvalue weighted by molar-refractivity contribution is 7.82. The molecule has 3 rings (SSSR count). The van der Waals surface area contributed by atoms with Crippen molar-refractivity contribution in [1.29, 1.82) is 0 Å². The van der Waals surface area contributed by atoms with Gasteiger partial charge >= 0.3 is 6.18 Å². The molecule has 4 nitrogen and oxygen atoms in total. The van der Waals surface area contributed by atoms with E-state index in [1.54, 1.807) is 12.1 Å². The number of nitrogens with one attached hydrogen (secondary N) is 1. The lowest BCUT2D eigenvalue weighted by atomic mass is 10.0. The average molecular weight is 381 g/mol. The maximum absolute atomic E-state index is 13.2. The number of benzene rings is 2. The Kier molecular flexibility index (Phi) is 5.06. The highest BCUT2D eigenvalue weighted by atomic mass is 32.2. The zero-order chi connectivity index (χ0) is 18.9. The van der Waals surface area contributed by atoms with Crippen LogP contribution in [0, 0.1) is 0 Å². The van der Waals surface area contributed by atoms with E-state index in [0.717, 1.165) is 23.6 Å². The van der Waals surface area contributed by atoms with Gasteiger partial charge in [-0.2, -0.15) is 13.2 Å². The van der Waals surface area contributed by atoms with Gasteiger partial charge in [0.25, 0.3) is 0 Å². The number of aryl methyl sites for hydroxylation is 1. The van der Waals surface area contributed by atoms with Crippen LogP contribution in [0.4, 0.5) is 18.9 Å². The summed E-state index contributed by atoms with van der Waals surface area (Å²) in [5, 5.41) is 6.76. The highest BCUT2D eigenvalue weighted by Gasteiger charge is 2.41. The van der Waals surface area contributed by atoms with Crippen LogP contribution in [0.1, 0.15) is 24.1 Å². The molecular formula is C18H18F3N3OS. The van der Waals surface area contributed by atoms with Gasteiger partial charge in [0.1, 0.15) is 16.7 Å². The molecule has 1 heterocycles. The number of allylic oxidation sites excluding steroid dienone is 1. The number of halogens is 3. The van der Waals surface area contributed by atoms with Gasteiger partial charge in [0.15, 0.2) is 0 Å². The number of anilines is 1. The molecule has 0 amide bonds. The maximum atomic E-state index is 13.2. The van der Waals surface area contributed by atoms with E-state index in [2.05, 4.69) is 5.43 Å². The second kappa shape index (κ2) is 7.13. The van der Waals surface area contributed by atoms with E-state index in [-0.39, 0.29) is 0 Å². The number of hydrazine groups is 1. The van der Waals surface area contributed by atoms with Crippen LogP contribution in [0.5, 0.6) is 0 Å². The lowest BCUT2D eigenvalue weighted by Crippen LogP contribution is -2.37. The fourth-order valence-electron chi connectivity index (χ4n) is 2.79. The Morgan fingerprint density at radius 3 is 2.23 bits per heavy atom. The Balaban J connectivity index is 1.97. The molecule has 0 saturated heterocycles. The summed E-state index contributed by atoms with van der Waals surface area (Å²) in [6.45, 7) is 2.02. The molecule has 138 valence electrons. The molecule has 1 aliphatic heterocycles. The van der Waals surface area contributed by atoms with Crippen molar-refractivity contribution in [3.63, 3.8) is 0 Å². The van der Waals surface area contributed by atoms with Gasteiger partial charge < -0.3 is 0 Å². The molecule has 1 aliphatic rings. The minimum atomic E-state index is -4.48. The van der Waals surface area contributed by atoms with Gasteiger partial charge in [0.2, 0.25) is 0 Å². The van der Waals surface area contributed by atoms with Crippen molar-refractivity contribution in [1.82, 2.24) is 5.43 Å². The highest BCUT2D eigenvalue weighted by Crippen LogP contribution is 2.37. The Morgan fingerprint density at radius 1 is 1.12 bits per heavy atom. The number of hydrogen-bond donors (Lipinski definition) is 2. The van der Waals surface area contributed by atoms with Crippen molar-refractivity contribution in [2.24, 2.45) is 5.14 Å². The Bertz CT molecular complexity index is 832. The lowest BCUT2D eigenvalue weighted by Gasteiger charge is -2.28. The molecule has 2 unspecified atom stereocenters. The molecule has 0 saturated carbocycles. The number of rotatable bonds is 4. The van der Waals surface area contributed by atoms with Gasteiger partial charge in [-0.1, -0.05) is 31.2 Å². The van der Waals surface area contributed by atoms with E-state index in [4.69, 9.17) is 5.14 Å². The SMILES string of the molecule is CCc1ccc(C2C=C(C(F)(F)F)NN2c2ccc(S(N)=O)cc2)cc1. The van der Waals surface area contributed by atoms with Gasteiger partial charge in [0.05, 0.1) is 16.6 Å². The molecule has 0 spiro atoms. The van der Waals surface area contributed by atoms with Crippen molar-refractivity contribution in [2.45, 2.75) is 30.5 Å². The van der Waals surface area contributed by atoms with E-state index in [1.807, 2.05) is 31.2 Å². The third-order valence-electron chi connectivity index (χ3n) is 4.23. The molecular weight excluding hydrogens is 363 g/mol. The van der Waals surface area contributed by atoms with Crippen LogP contribution in [0.15, 0.2) is 65.2 Å². The molecule has 2 atom stereocenters.